The molecule has 1 aromatic rings. The average molecular weight is 209 g/mol. The van der Waals surface area contributed by atoms with Crippen molar-refractivity contribution >= 4 is 11.5 Å². The number of hydrogen-bond acceptors (Lipinski definition) is 1. The van der Waals surface area contributed by atoms with Gasteiger partial charge in [-0.1, -0.05) is 0 Å². The van der Waals surface area contributed by atoms with Gasteiger partial charge in [-0.3, -0.25) is 4.79 Å². The summed E-state index contributed by atoms with van der Waals surface area (Å²) in [5.41, 5.74) is 6.47. The van der Waals surface area contributed by atoms with Gasteiger partial charge in [-0.15, -0.1) is 0 Å². The van der Waals surface area contributed by atoms with E-state index in [2.05, 4.69) is 0 Å². The third-order valence-corrected chi connectivity index (χ3v) is 2.44. The molecule has 0 spiro atoms. The lowest BCUT2D eigenvalue weighted by molar-refractivity contribution is -0.113. The molecule has 0 fully saturated rings. The Kier molecular flexibility index (Phi) is 2.26. The summed E-state index contributed by atoms with van der Waals surface area (Å²) in [6.45, 7) is 0. The molecule has 2 nitrogen and oxygen atoms in total. The van der Waals surface area contributed by atoms with Crippen LogP contribution in [-0.4, -0.2) is 5.91 Å². The first-order valence-electron chi connectivity index (χ1n) is 4.56. The summed E-state index contributed by atoms with van der Waals surface area (Å²) >= 11 is 0. The van der Waals surface area contributed by atoms with E-state index in [1.165, 1.54) is 12.1 Å². The molecular weight excluding hydrogens is 200 g/mol. The van der Waals surface area contributed by atoms with Crippen LogP contribution < -0.4 is 5.73 Å². The fraction of sp³-hybridized carbons (Fsp3) is 0.182. The van der Waals surface area contributed by atoms with Crippen molar-refractivity contribution < 1.29 is 13.6 Å². The minimum Gasteiger partial charge on any atom is -0.366 e. The summed E-state index contributed by atoms with van der Waals surface area (Å²) in [6, 6.07) is 2.11. The Morgan fingerprint density at radius 1 is 1.33 bits per heavy atom. The highest BCUT2D eigenvalue weighted by Gasteiger charge is 2.21. The maximum absolute atomic E-state index is 13.4. The van der Waals surface area contributed by atoms with Crippen LogP contribution in [-0.2, 0) is 11.2 Å². The second-order valence-electron chi connectivity index (χ2n) is 3.49. The third-order valence-electron chi connectivity index (χ3n) is 2.44. The van der Waals surface area contributed by atoms with E-state index in [0.717, 1.165) is 6.07 Å². The number of carbonyl (C=O) groups excluding carboxylic acids is 1. The summed E-state index contributed by atoms with van der Waals surface area (Å²) in [4.78, 5) is 10.7. The number of hydrogen-bond donors (Lipinski definition) is 1. The molecule has 2 rings (SSSR count). The normalized spacial score (nSPS) is 16.8. The largest absolute Gasteiger partial charge is 0.366 e. The number of halogens is 2. The van der Waals surface area contributed by atoms with Crippen LogP contribution in [0.2, 0.25) is 0 Å². The monoisotopic (exact) mass is 209 g/mol. The van der Waals surface area contributed by atoms with Gasteiger partial charge in [-0.2, -0.15) is 0 Å². The topological polar surface area (TPSA) is 43.1 Å². The van der Waals surface area contributed by atoms with Crippen LogP contribution in [0.15, 0.2) is 18.2 Å². The second kappa shape index (κ2) is 3.46. The molecule has 78 valence electrons. The lowest BCUT2D eigenvalue weighted by Gasteiger charge is -2.02. The van der Waals surface area contributed by atoms with Crippen molar-refractivity contribution in [3.8, 4) is 0 Å². The molecule has 2 N–H and O–H groups in total. The van der Waals surface area contributed by atoms with E-state index in [9.17, 15) is 13.6 Å². The quantitative estimate of drug-likeness (QED) is 0.704. The molecule has 0 saturated heterocycles. The summed E-state index contributed by atoms with van der Waals surface area (Å²) < 4.78 is 26.3. The molecule has 15 heavy (non-hydrogen) atoms. The maximum atomic E-state index is 13.4. The van der Waals surface area contributed by atoms with E-state index in [4.69, 9.17) is 5.73 Å². The van der Waals surface area contributed by atoms with Crippen molar-refractivity contribution in [3.63, 3.8) is 0 Å². The van der Waals surface area contributed by atoms with Gasteiger partial charge in [0.2, 0.25) is 5.91 Å². The van der Waals surface area contributed by atoms with E-state index in [-0.39, 0.29) is 0 Å². The van der Waals surface area contributed by atoms with Gasteiger partial charge in [-0.25, -0.2) is 8.78 Å². The van der Waals surface area contributed by atoms with Gasteiger partial charge in [0.15, 0.2) is 0 Å². The third kappa shape index (κ3) is 1.75. The zero-order chi connectivity index (χ0) is 11.0. The lowest BCUT2D eigenvalue weighted by atomic mass is 10.1. The zero-order valence-corrected chi connectivity index (χ0v) is 7.89. The number of amides is 1. The molecule has 0 aliphatic heterocycles. The van der Waals surface area contributed by atoms with Crippen molar-refractivity contribution in [1.82, 2.24) is 0 Å². The molecule has 4 heteroatoms. The van der Waals surface area contributed by atoms with Gasteiger partial charge in [0.25, 0.3) is 0 Å². The first kappa shape index (κ1) is 9.83. The van der Waals surface area contributed by atoms with E-state index in [0.29, 0.717) is 29.5 Å². The van der Waals surface area contributed by atoms with Crippen molar-refractivity contribution in [3.05, 3.63) is 41.0 Å². The Morgan fingerprint density at radius 2 is 2.07 bits per heavy atom. The standard InChI is InChI=1S/C11H9F2NO/c12-8-3-6-1-2-7(4-10(14)15)11(6)9(13)5-8/h3-5H,1-2H2,(H2,14,15). The first-order valence-corrected chi connectivity index (χ1v) is 4.56. The van der Waals surface area contributed by atoms with E-state index >= 15 is 0 Å². The maximum Gasteiger partial charge on any atom is 0.241 e. The van der Waals surface area contributed by atoms with Crippen LogP contribution in [0.3, 0.4) is 0 Å². The average Bonchev–Trinajstić information content (AvgIpc) is 2.46. The number of allylic oxidation sites excluding steroid dienone is 1. The van der Waals surface area contributed by atoms with E-state index in [1.54, 1.807) is 0 Å². The highest BCUT2D eigenvalue weighted by Crippen LogP contribution is 2.34. The molecule has 1 aromatic carbocycles. The molecule has 0 aromatic heterocycles. The molecule has 0 bridgehead atoms. The predicted molar refractivity (Wildman–Crippen MR) is 51.9 cm³/mol. The molecule has 0 saturated carbocycles. The van der Waals surface area contributed by atoms with Crippen molar-refractivity contribution in [2.75, 3.05) is 0 Å². The molecule has 1 aliphatic carbocycles. The second-order valence-corrected chi connectivity index (χ2v) is 3.49. The molecule has 0 radical (unpaired) electrons. The molecule has 1 aliphatic rings. The number of nitrogens with two attached hydrogens (primary N) is 1. The fourth-order valence-corrected chi connectivity index (χ4v) is 1.89. The van der Waals surface area contributed by atoms with Crippen LogP contribution in [0.5, 0.6) is 0 Å². The highest BCUT2D eigenvalue weighted by atomic mass is 19.1. The van der Waals surface area contributed by atoms with Crippen LogP contribution in [0.25, 0.3) is 5.57 Å². The Bertz CT molecular complexity index is 466. The van der Waals surface area contributed by atoms with Crippen LogP contribution in [0, 0.1) is 11.6 Å². The number of carbonyl (C=O) groups is 1. The smallest absolute Gasteiger partial charge is 0.241 e. The highest BCUT2D eigenvalue weighted by molar-refractivity contribution is 5.95. The number of rotatable bonds is 1. The Hall–Kier alpha value is -1.71. The summed E-state index contributed by atoms with van der Waals surface area (Å²) in [5.74, 6) is -1.83. The number of primary amides is 1. The number of fused-ring (bicyclic) bond motifs is 1. The molecular formula is C11H9F2NO. The van der Waals surface area contributed by atoms with Gasteiger partial charge >= 0.3 is 0 Å². The minimum atomic E-state index is -0.630. The van der Waals surface area contributed by atoms with E-state index in [1.807, 2.05) is 0 Å². The summed E-state index contributed by atoms with van der Waals surface area (Å²) in [6.07, 6.45) is 2.27. The zero-order valence-electron chi connectivity index (χ0n) is 7.89. The first-order chi connectivity index (χ1) is 7.08. The lowest BCUT2D eigenvalue weighted by Crippen LogP contribution is -2.06. The van der Waals surface area contributed by atoms with Gasteiger partial charge in [0.05, 0.1) is 0 Å². The van der Waals surface area contributed by atoms with Crippen LogP contribution in [0.1, 0.15) is 17.5 Å². The molecule has 0 unspecified atom stereocenters. The molecule has 0 atom stereocenters. The molecule has 0 heterocycles. The van der Waals surface area contributed by atoms with E-state index < -0.39 is 17.5 Å². The summed E-state index contributed by atoms with van der Waals surface area (Å²) in [7, 11) is 0. The Morgan fingerprint density at radius 3 is 2.73 bits per heavy atom. The Labute approximate surface area is 85.4 Å². The predicted octanol–water partition coefficient (Wildman–Crippen LogP) is 1.78. The van der Waals surface area contributed by atoms with Crippen LogP contribution in [0.4, 0.5) is 8.78 Å². The van der Waals surface area contributed by atoms with Crippen molar-refractivity contribution in [2.45, 2.75) is 12.8 Å². The van der Waals surface area contributed by atoms with Crippen molar-refractivity contribution in [1.29, 1.82) is 0 Å². The summed E-state index contributed by atoms with van der Waals surface area (Å²) in [5, 5.41) is 0. The number of aryl methyl sites for hydroxylation is 1. The van der Waals surface area contributed by atoms with Gasteiger partial charge in [0, 0.05) is 17.7 Å². The van der Waals surface area contributed by atoms with Crippen LogP contribution >= 0.6 is 0 Å². The van der Waals surface area contributed by atoms with Gasteiger partial charge in [0.1, 0.15) is 11.6 Å². The minimum absolute atomic E-state index is 0.329. The molecule has 1 amide bonds. The van der Waals surface area contributed by atoms with Crippen molar-refractivity contribution in [2.24, 2.45) is 5.73 Å². The van der Waals surface area contributed by atoms with Gasteiger partial charge < -0.3 is 5.73 Å². The fourth-order valence-electron chi connectivity index (χ4n) is 1.89. The van der Waals surface area contributed by atoms with Gasteiger partial charge in [-0.05, 0) is 30.0 Å². The SMILES string of the molecule is NC(=O)C=C1CCc2cc(F)cc(F)c21. The number of benzene rings is 1. The Balaban J connectivity index is 2.56.